The van der Waals surface area contributed by atoms with Gasteiger partial charge >= 0.3 is 0 Å². The first-order valence-electron chi connectivity index (χ1n) is 6.43. The highest BCUT2D eigenvalue weighted by atomic mass is 16.1. The minimum absolute atomic E-state index is 0.0534. The highest BCUT2D eigenvalue weighted by Crippen LogP contribution is 2.14. The Morgan fingerprint density at radius 3 is 2.18 bits per heavy atom. The molecule has 0 aliphatic rings. The van der Waals surface area contributed by atoms with Crippen LogP contribution in [0, 0.1) is 0 Å². The zero-order valence-electron chi connectivity index (χ0n) is 11.3. The van der Waals surface area contributed by atoms with Crippen LogP contribution in [0.2, 0.25) is 0 Å². The third-order valence-corrected chi connectivity index (χ3v) is 3.57. The number of hydrogen-bond donors (Lipinski definition) is 0. The van der Waals surface area contributed by atoms with E-state index in [1.807, 2.05) is 44.3 Å². The standard InChI is InChI=1S/C15H23NO/c1-5-14(6-2)16(4)12(3)15(17)13-10-8-7-9-11-13/h7-12,14H,5-6H2,1-4H3. The van der Waals surface area contributed by atoms with Gasteiger partial charge in [-0.05, 0) is 26.8 Å². The molecule has 1 aromatic carbocycles. The molecule has 0 aliphatic heterocycles. The summed E-state index contributed by atoms with van der Waals surface area (Å²) in [5, 5.41) is 0. The van der Waals surface area contributed by atoms with E-state index in [0.29, 0.717) is 6.04 Å². The second kappa shape index (κ2) is 6.55. The van der Waals surface area contributed by atoms with Gasteiger partial charge in [-0.25, -0.2) is 0 Å². The summed E-state index contributed by atoms with van der Waals surface area (Å²) in [7, 11) is 2.04. The van der Waals surface area contributed by atoms with Crippen LogP contribution in [0.4, 0.5) is 0 Å². The Morgan fingerprint density at radius 1 is 1.18 bits per heavy atom. The summed E-state index contributed by atoms with van der Waals surface area (Å²) >= 11 is 0. The highest BCUT2D eigenvalue weighted by molar-refractivity contribution is 5.99. The van der Waals surface area contributed by atoms with Gasteiger partial charge < -0.3 is 0 Å². The molecule has 0 fully saturated rings. The highest BCUT2D eigenvalue weighted by Gasteiger charge is 2.23. The van der Waals surface area contributed by atoms with E-state index < -0.39 is 0 Å². The van der Waals surface area contributed by atoms with Crippen molar-refractivity contribution >= 4 is 5.78 Å². The smallest absolute Gasteiger partial charge is 0.179 e. The van der Waals surface area contributed by atoms with Crippen LogP contribution in [0.25, 0.3) is 0 Å². The number of carbonyl (C=O) groups excluding carboxylic acids is 1. The number of carbonyl (C=O) groups is 1. The van der Waals surface area contributed by atoms with Gasteiger partial charge in [0, 0.05) is 11.6 Å². The monoisotopic (exact) mass is 233 g/mol. The minimum Gasteiger partial charge on any atom is -0.294 e. The molecule has 0 saturated heterocycles. The second-order valence-electron chi connectivity index (χ2n) is 4.54. The molecule has 17 heavy (non-hydrogen) atoms. The molecule has 94 valence electrons. The zero-order valence-corrected chi connectivity index (χ0v) is 11.3. The number of nitrogens with zero attached hydrogens (tertiary/aromatic N) is 1. The van der Waals surface area contributed by atoms with Gasteiger partial charge in [0.15, 0.2) is 5.78 Å². The molecule has 1 aromatic rings. The fourth-order valence-electron chi connectivity index (χ4n) is 2.21. The molecule has 0 aliphatic carbocycles. The van der Waals surface area contributed by atoms with E-state index in [9.17, 15) is 4.79 Å². The van der Waals surface area contributed by atoms with Crippen molar-refractivity contribution in [2.24, 2.45) is 0 Å². The molecule has 2 nitrogen and oxygen atoms in total. The average Bonchev–Trinajstić information content (AvgIpc) is 2.39. The van der Waals surface area contributed by atoms with Crippen molar-refractivity contribution in [3.63, 3.8) is 0 Å². The third kappa shape index (κ3) is 3.40. The van der Waals surface area contributed by atoms with Gasteiger partial charge in [0.1, 0.15) is 0 Å². The number of hydrogen-bond acceptors (Lipinski definition) is 2. The van der Waals surface area contributed by atoms with Gasteiger partial charge in [-0.1, -0.05) is 44.2 Å². The van der Waals surface area contributed by atoms with Crippen LogP contribution in [-0.2, 0) is 0 Å². The molecule has 1 unspecified atom stereocenters. The van der Waals surface area contributed by atoms with Gasteiger partial charge in [-0.15, -0.1) is 0 Å². The van der Waals surface area contributed by atoms with Gasteiger partial charge in [0.25, 0.3) is 0 Å². The van der Waals surface area contributed by atoms with Gasteiger partial charge in [-0.3, -0.25) is 9.69 Å². The first kappa shape index (κ1) is 13.9. The fraction of sp³-hybridized carbons (Fsp3) is 0.533. The maximum absolute atomic E-state index is 12.3. The van der Waals surface area contributed by atoms with E-state index >= 15 is 0 Å². The topological polar surface area (TPSA) is 20.3 Å². The number of ketones is 1. The van der Waals surface area contributed by atoms with Crippen molar-refractivity contribution in [2.75, 3.05) is 7.05 Å². The lowest BCUT2D eigenvalue weighted by Crippen LogP contribution is -2.42. The second-order valence-corrected chi connectivity index (χ2v) is 4.54. The third-order valence-electron chi connectivity index (χ3n) is 3.57. The molecule has 0 N–H and O–H groups in total. The molecule has 0 spiro atoms. The lowest BCUT2D eigenvalue weighted by molar-refractivity contribution is 0.0808. The van der Waals surface area contributed by atoms with E-state index in [1.165, 1.54) is 0 Å². The summed E-state index contributed by atoms with van der Waals surface area (Å²) in [6, 6.07) is 9.97. The summed E-state index contributed by atoms with van der Waals surface area (Å²) in [5.41, 5.74) is 0.804. The molecular weight excluding hydrogens is 210 g/mol. The lowest BCUT2D eigenvalue weighted by atomic mass is 10.0. The Bertz CT molecular complexity index is 343. The molecule has 0 heterocycles. The molecule has 0 bridgehead atoms. The number of Topliss-reactive ketones (excluding diaryl/α,β-unsaturated/α-hetero) is 1. The van der Waals surface area contributed by atoms with E-state index in [-0.39, 0.29) is 11.8 Å². The van der Waals surface area contributed by atoms with Crippen molar-refractivity contribution < 1.29 is 4.79 Å². The summed E-state index contributed by atoms with van der Waals surface area (Å²) in [5.74, 6) is 0.208. The van der Waals surface area contributed by atoms with Crippen molar-refractivity contribution in [2.45, 2.75) is 45.7 Å². The molecule has 0 saturated carbocycles. The molecule has 0 amide bonds. The molecule has 1 rings (SSSR count). The molecule has 0 radical (unpaired) electrons. The quantitative estimate of drug-likeness (QED) is 0.702. The maximum atomic E-state index is 12.3. The Kier molecular flexibility index (Phi) is 5.36. The van der Waals surface area contributed by atoms with Crippen molar-refractivity contribution in [1.29, 1.82) is 0 Å². The Labute approximate surface area is 105 Å². The van der Waals surface area contributed by atoms with E-state index in [2.05, 4.69) is 18.7 Å². The summed E-state index contributed by atoms with van der Waals surface area (Å²) in [6.45, 7) is 6.34. The van der Waals surface area contributed by atoms with Crippen LogP contribution < -0.4 is 0 Å². The van der Waals surface area contributed by atoms with Gasteiger partial charge in [-0.2, -0.15) is 0 Å². The predicted octanol–water partition coefficient (Wildman–Crippen LogP) is 3.38. The van der Waals surface area contributed by atoms with Crippen LogP contribution in [-0.4, -0.2) is 29.8 Å². The maximum Gasteiger partial charge on any atom is 0.179 e. The average molecular weight is 233 g/mol. The Balaban J connectivity index is 2.76. The zero-order chi connectivity index (χ0) is 12.8. The normalized spacial score (nSPS) is 13.1. The van der Waals surface area contributed by atoms with E-state index in [0.717, 1.165) is 18.4 Å². The summed E-state index contributed by atoms with van der Waals surface area (Å²) < 4.78 is 0. The number of benzene rings is 1. The fourth-order valence-corrected chi connectivity index (χ4v) is 2.21. The predicted molar refractivity (Wildman–Crippen MR) is 72.4 cm³/mol. The van der Waals surface area contributed by atoms with Crippen molar-refractivity contribution in [3.05, 3.63) is 35.9 Å². The number of rotatable bonds is 6. The van der Waals surface area contributed by atoms with Crippen LogP contribution in [0.15, 0.2) is 30.3 Å². The van der Waals surface area contributed by atoms with Crippen LogP contribution in [0.1, 0.15) is 44.0 Å². The van der Waals surface area contributed by atoms with Crippen molar-refractivity contribution in [3.8, 4) is 0 Å². The molecule has 2 heteroatoms. The van der Waals surface area contributed by atoms with Crippen molar-refractivity contribution in [1.82, 2.24) is 4.90 Å². The van der Waals surface area contributed by atoms with E-state index in [4.69, 9.17) is 0 Å². The summed E-state index contributed by atoms with van der Waals surface area (Å²) in [6.07, 6.45) is 2.17. The Hall–Kier alpha value is -1.15. The van der Waals surface area contributed by atoms with Crippen LogP contribution >= 0.6 is 0 Å². The lowest BCUT2D eigenvalue weighted by Gasteiger charge is -2.31. The van der Waals surface area contributed by atoms with Crippen LogP contribution in [0.3, 0.4) is 0 Å². The molecule has 1 atom stereocenters. The first-order chi connectivity index (χ1) is 8.11. The summed E-state index contributed by atoms with van der Waals surface area (Å²) in [4.78, 5) is 14.5. The number of likely N-dealkylation sites (N-methyl/N-ethyl adjacent to an activating group) is 1. The minimum atomic E-state index is -0.0534. The van der Waals surface area contributed by atoms with Crippen LogP contribution in [0.5, 0.6) is 0 Å². The largest absolute Gasteiger partial charge is 0.294 e. The first-order valence-corrected chi connectivity index (χ1v) is 6.43. The van der Waals surface area contributed by atoms with Gasteiger partial charge in [0.05, 0.1) is 6.04 Å². The molecular formula is C15H23NO. The molecule has 0 aromatic heterocycles. The van der Waals surface area contributed by atoms with Gasteiger partial charge in [0.2, 0.25) is 0 Å². The van der Waals surface area contributed by atoms with E-state index in [1.54, 1.807) is 0 Å². The SMILES string of the molecule is CCC(CC)N(C)C(C)C(=O)c1ccccc1. The Morgan fingerprint density at radius 2 is 1.71 bits per heavy atom.